The molecular formula is C16H20F2N2O4. The van der Waals surface area contributed by atoms with Crippen LogP contribution in [0, 0.1) is 0 Å². The van der Waals surface area contributed by atoms with E-state index in [1.54, 1.807) is 12.1 Å². The molecule has 1 unspecified atom stereocenters. The molecule has 2 rings (SSSR count). The van der Waals surface area contributed by atoms with Crippen LogP contribution in [0.4, 0.5) is 13.6 Å². The quantitative estimate of drug-likeness (QED) is 0.833. The number of aliphatic carboxylic acids is 1. The fourth-order valence-electron chi connectivity index (χ4n) is 2.74. The van der Waals surface area contributed by atoms with Crippen molar-refractivity contribution in [2.45, 2.75) is 38.3 Å². The zero-order chi connectivity index (χ0) is 17.7. The molecule has 2 N–H and O–H groups in total. The van der Waals surface area contributed by atoms with Crippen molar-refractivity contribution in [3.63, 3.8) is 0 Å². The molecule has 0 bridgehead atoms. The largest absolute Gasteiger partial charge is 0.481 e. The number of ether oxygens (including phenoxy) is 1. The maximum atomic E-state index is 12.3. The Labute approximate surface area is 138 Å². The Morgan fingerprint density at radius 3 is 2.88 bits per heavy atom. The molecule has 0 aromatic heterocycles. The number of nitrogens with zero attached hydrogens (tertiary/aromatic N) is 1. The van der Waals surface area contributed by atoms with Gasteiger partial charge in [-0.3, -0.25) is 4.79 Å². The van der Waals surface area contributed by atoms with E-state index in [1.807, 2.05) is 0 Å². The Morgan fingerprint density at radius 2 is 2.21 bits per heavy atom. The Hall–Kier alpha value is -2.38. The number of hydrogen-bond acceptors (Lipinski definition) is 3. The summed E-state index contributed by atoms with van der Waals surface area (Å²) < 4.78 is 29.0. The number of amides is 2. The lowest BCUT2D eigenvalue weighted by Crippen LogP contribution is -2.41. The lowest BCUT2D eigenvalue weighted by atomic mass is 9.87. The standard InChI is InChI=1S/C16H20F2N2O4/c1-20(8-7-14(21)22)16(23)19-13-4-2-3-10-9-11(24-15(17)18)5-6-12(10)13/h5-6,9,13,15H,2-4,7-8H2,1H3,(H,19,23)(H,21,22). The molecular weight excluding hydrogens is 322 g/mol. The second-order valence-electron chi connectivity index (χ2n) is 5.70. The number of urea groups is 1. The van der Waals surface area contributed by atoms with Crippen molar-refractivity contribution < 1.29 is 28.2 Å². The SMILES string of the molecule is CN(CCC(=O)O)C(=O)NC1CCCc2cc(OC(F)F)ccc21. The molecule has 0 aliphatic heterocycles. The second-order valence-corrected chi connectivity index (χ2v) is 5.70. The minimum Gasteiger partial charge on any atom is -0.481 e. The fourth-order valence-corrected chi connectivity index (χ4v) is 2.74. The van der Waals surface area contributed by atoms with Crippen LogP contribution in [0.2, 0.25) is 0 Å². The summed E-state index contributed by atoms with van der Waals surface area (Å²) in [6.45, 7) is -2.76. The molecule has 24 heavy (non-hydrogen) atoms. The molecule has 0 spiro atoms. The lowest BCUT2D eigenvalue weighted by Gasteiger charge is -2.28. The van der Waals surface area contributed by atoms with Gasteiger partial charge < -0.3 is 20.1 Å². The highest BCUT2D eigenvalue weighted by Crippen LogP contribution is 2.32. The molecule has 1 aromatic carbocycles. The molecule has 2 amide bonds. The van der Waals surface area contributed by atoms with Gasteiger partial charge in [0.2, 0.25) is 0 Å². The van der Waals surface area contributed by atoms with E-state index in [0.717, 1.165) is 30.4 Å². The van der Waals surface area contributed by atoms with E-state index in [0.29, 0.717) is 0 Å². The first-order chi connectivity index (χ1) is 11.4. The number of carbonyl (C=O) groups is 2. The predicted molar refractivity (Wildman–Crippen MR) is 82.2 cm³/mol. The highest BCUT2D eigenvalue weighted by atomic mass is 19.3. The van der Waals surface area contributed by atoms with E-state index in [1.165, 1.54) is 18.0 Å². The Balaban J connectivity index is 2.03. The van der Waals surface area contributed by atoms with Gasteiger partial charge in [0, 0.05) is 13.6 Å². The van der Waals surface area contributed by atoms with Crippen molar-refractivity contribution >= 4 is 12.0 Å². The molecule has 1 aliphatic rings. The average molecular weight is 342 g/mol. The molecule has 8 heteroatoms. The number of carboxylic acid groups (broad SMARTS) is 1. The first-order valence-corrected chi connectivity index (χ1v) is 7.68. The van der Waals surface area contributed by atoms with Gasteiger partial charge in [-0.2, -0.15) is 8.78 Å². The average Bonchev–Trinajstić information content (AvgIpc) is 2.51. The van der Waals surface area contributed by atoms with Crippen molar-refractivity contribution in [2.24, 2.45) is 0 Å². The van der Waals surface area contributed by atoms with Crippen LogP contribution in [-0.2, 0) is 11.2 Å². The van der Waals surface area contributed by atoms with Crippen LogP contribution in [0.25, 0.3) is 0 Å². The van der Waals surface area contributed by atoms with E-state index < -0.39 is 12.6 Å². The van der Waals surface area contributed by atoms with Crippen LogP contribution in [0.1, 0.15) is 36.4 Å². The van der Waals surface area contributed by atoms with Crippen molar-refractivity contribution in [1.82, 2.24) is 10.2 Å². The van der Waals surface area contributed by atoms with Gasteiger partial charge in [-0.1, -0.05) is 6.07 Å². The summed E-state index contributed by atoms with van der Waals surface area (Å²) in [6, 6.07) is 4.14. The number of benzene rings is 1. The van der Waals surface area contributed by atoms with Gasteiger partial charge in [0.15, 0.2) is 0 Å². The summed E-state index contributed by atoms with van der Waals surface area (Å²) in [6.07, 6.45) is 2.16. The highest BCUT2D eigenvalue weighted by molar-refractivity contribution is 5.75. The molecule has 0 saturated heterocycles. The maximum Gasteiger partial charge on any atom is 0.387 e. The van der Waals surface area contributed by atoms with Crippen LogP contribution in [0.3, 0.4) is 0 Å². The van der Waals surface area contributed by atoms with Gasteiger partial charge in [-0.15, -0.1) is 0 Å². The monoisotopic (exact) mass is 342 g/mol. The number of alkyl halides is 2. The number of nitrogens with one attached hydrogen (secondary N) is 1. The third-order valence-electron chi connectivity index (χ3n) is 3.96. The topological polar surface area (TPSA) is 78.9 Å². The summed E-state index contributed by atoms with van der Waals surface area (Å²) in [5.74, 6) is -0.862. The number of carbonyl (C=O) groups excluding carboxylic acids is 1. The minimum absolute atomic E-state index is 0.106. The van der Waals surface area contributed by atoms with Gasteiger partial charge >= 0.3 is 18.6 Å². The van der Waals surface area contributed by atoms with Gasteiger partial charge in [0.05, 0.1) is 12.5 Å². The third-order valence-corrected chi connectivity index (χ3v) is 3.96. The molecule has 0 heterocycles. The van der Waals surface area contributed by atoms with Crippen LogP contribution in [0.15, 0.2) is 18.2 Å². The van der Waals surface area contributed by atoms with E-state index in [4.69, 9.17) is 5.11 Å². The van der Waals surface area contributed by atoms with Gasteiger partial charge in [-0.05, 0) is 42.5 Å². The number of carboxylic acids is 1. The molecule has 0 saturated carbocycles. The Bertz CT molecular complexity index is 610. The van der Waals surface area contributed by atoms with Crippen molar-refractivity contribution in [1.29, 1.82) is 0 Å². The van der Waals surface area contributed by atoms with E-state index in [2.05, 4.69) is 10.1 Å². The Morgan fingerprint density at radius 1 is 1.46 bits per heavy atom. The summed E-state index contributed by atoms with van der Waals surface area (Å²) >= 11 is 0. The van der Waals surface area contributed by atoms with Crippen LogP contribution < -0.4 is 10.1 Å². The number of hydrogen-bond donors (Lipinski definition) is 2. The molecule has 1 aromatic rings. The first-order valence-electron chi connectivity index (χ1n) is 7.68. The van der Waals surface area contributed by atoms with Crippen LogP contribution >= 0.6 is 0 Å². The number of rotatable bonds is 6. The second kappa shape index (κ2) is 7.94. The minimum atomic E-state index is -2.87. The van der Waals surface area contributed by atoms with Crippen molar-refractivity contribution in [3.05, 3.63) is 29.3 Å². The summed E-state index contributed by atoms with van der Waals surface area (Å²) in [5, 5.41) is 11.5. The first kappa shape index (κ1) is 18.0. The zero-order valence-electron chi connectivity index (χ0n) is 13.3. The van der Waals surface area contributed by atoms with Crippen LogP contribution in [0.5, 0.6) is 5.75 Å². The summed E-state index contributed by atoms with van der Waals surface area (Å²) in [7, 11) is 1.53. The van der Waals surface area contributed by atoms with Crippen molar-refractivity contribution in [3.8, 4) is 5.75 Å². The predicted octanol–water partition coefficient (Wildman–Crippen LogP) is 2.78. The molecule has 132 valence electrons. The van der Waals surface area contributed by atoms with E-state index >= 15 is 0 Å². The Kier molecular flexibility index (Phi) is 5.94. The summed E-state index contributed by atoms with van der Waals surface area (Å²) in [5.41, 5.74) is 1.75. The van der Waals surface area contributed by atoms with E-state index in [9.17, 15) is 18.4 Å². The van der Waals surface area contributed by atoms with Crippen LogP contribution in [-0.4, -0.2) is 42.2 Å². The molecule has 1 aliphatic carbocycles. The highest BCUT2D eigenvalue weighted by Gasteiger charge is 2.24. The fraction of sp³-hybridized carbons (Fsp3) is 0.500. The van der Waals surface area contributed by atoms with Crippen molar-refractivity contribution in [2.75, 3.05) is 13.6 Å². The van der Waals surface area contributed by atoms with Gasteiger partial charge in [0.25, 0.3) is 0 Å². The van der Waals surface area contributed by atoms with E-state index in [-0.39, 0.29) is 30.8 Å². The molecule has 1 atom stereocenters. The maximum absolute atomic E-state index is 12.3. The molecule has 0 fully saturated rings. The number of fused-ring (bicyclic) bond motifs is 1. The zero-order valence-corrected chi connectivity index (χ0v) is 13.3. The van der Waals surface area contributed by atoms with Gasteiger partial charge in [0.1, 0.15) is 5.75 Å². The smallest absolute Gasteiger partial charge is 0.387 e. The molecule has 6 nitrogen and oxygen atoms in total. The normalized spacial score (nSPS) is 16.4. The number of aryl methyl sites for hydroxylation is 1. The third kappa shape index (κ3) is 4.81. The lowest BCUT2D eigenvalue weighted by molar-refractivity contribution is -0.137. The van der Waals surface area contributed by atoms with Gasteiger partial charge in [-0.25, -0.2) is 4.79 Å². The summed E-state index contributed by atoms with van der Waals surface area (Å²) in [4.78, 5) is 24.0. The number of halogens is 2. The molecule has 0 radical (unpaired) electrons.